The van der Waals surface area contributed by atoms with E-state index in [1.807, 2.05) is 12.1 Å². The maximum atomic E-state index is 12.3. The molecule has 3 heterocycles. The number of aliphatic imine (C=N–C) groups is 1. The van der Waals surface area contributed by atoms with E-state index in [0.717, 1.165) is 27.9 Å². The Hall–Kier alpha value is -2.34. The van der Waals surface area contributed by atoms with Crippen LogP contribution in [0.4, 0.5) is 0 Å². The number of hydrogen-bond acceptors (Lipinski definition) is 8. The van der Waals surface area contributed by atoms with E-state index in [1.165, 1.54) is 17.8 Å². The van der Waals surface area contributed by atoms with Gasteiger partial charge in [0.25, 0.3) is 5.91 Å². The second kappa shape index (κ2) is 7.48. The first-order chi connectivity index (χ1) is 13.7. The predicted octanol–water partition coefficient (Wildman–Crippen LogP) is 3.71. The second-order valence-electron chi connectivity index (χ2n) is 5.87. The number of halogens is 1. The number of nitrogens with one attached hydrogen (secondary N) is 1. The zero-order valence-corrected chi connectivity index (χ0v) is 17.8. The SMILES string of the molecule is CS(=O)(=O)C1=NN2C(=N)/C(=C/c3ccc(Sc4ccc(Cl)cc4)o3)C(=O)N=C2S1. The van der Waals surface area contributed by atoms with Gasteiger partial charge in [-0.2, -0.15) is 10.0 Å². The summed E-state index contributed by atoms with van der Waals surface area (Å²) in [4.78, 5) is 17.1. The van der Waals surface area contributed by atoms with Crippen molar-refractivity contribution in [3.05, 3.63) is 52.8 Å². The van der Waals surface area contributed by atoms with Gasteiger partial charge in [0.2, 0.25) is 19.4 Å². The summed E-state index contributed by atoms with van der Waals surface area (Å²) in [5.41, 5.74) is -0.0507. The third-order valence-corrected chi connectivity index (χ3v) is 7.43. The molecule has 1 aromatic carbocycles. The molecule has 0 atom stereocenters. The predicted molar refractivity (Wildman–Crippen MR) is 114 cm³/mol. The van der Waals surface area contributed by atoms with Gasteiger partial charge in [0.15, 0.2) is 10.9 Å². The highest BCUT2D eigenvalue weighted by molar-refractivity contribution is 8.42. The molecular formula is C17H11ClN4O4S3. The number of hydrogen-bond donors (Lipinski definition) is 1. The largest absolute Gasteiger partial charge is 0.450 e. The molecule has 0 radical (unpaired) electrons. The number of nitrogens with zero attached hydrogens (tertiary/aromatic N) is 3. The van der Waals surface area contributed by atoms with E-state index in [4.69, 9.17) is 21.4 Å². The second-order valence-corrected chi connectivity index (χ2v) is 10.5. The van der Waals surface area contributed by atoms with Gasteiger partial charge in [-0.25, -0.2) is 8.42 Å². The van der Waals surface area contributed by atoms with Gasteiger partial charge >= 0.3 is 0 Å². The maximum absolute atomic E-state index is 12.3. The quantitative estimate of drug-likeness (QED) is 0.685. The van der Waals surface area contributed by atoms with Gasteiger partial charge in [0.05, 0.1) is 5.57 Å². The fourth-order valence-electron chi connectivity index (χ4n) is 2.35. The van der Waals surface area contributed by atoms with Crippen LogP contribution in [0.15, 0.2) is 66.5 Å². The molecule has 148 valence electrons. The van der Waals surface area contributed by atoms with E-state index in [9.17, 15) is 13.2 Å². The Labute approximate surface area is 179 Å². The van der Waals surface area contributed by atoms with Crippen molar-refractivity contribution in [2.45, 2.75) is 9.99 Å². The lowest BCUT2D eigenvalue weighted by molar-refractivity contribution is -0.114. The number of amidine groups is 2. The summed E-state index contributed by atoms with van der Waals surface area (Å²) < 4.78 is 28.9. The van der Waals surface area contributed by atoms with Crippen molar-refractivity contribution in [3.63, 3.8) is 0 Å². The number of rotatable bonds is 3. The minimum Gasteiger partial charge on any atom is -0.450 e. The highest BCUT2D eigenvalue weighted by Crippen LogP contribution is 2.32. The Morgan fingerprint density at radius 1 is 1.24 bits per heavy atom. The van der Waals surface area contributed by atoms with Gasteiger partial charge in [-0.3, -0.25) is 10.2 Å². The topological polar surface area (TPSA) is 116 Å². The molecule has 29 heavy (non-hydrogen) atoms. The van der Waals surface area contributed by atoms with E-state index in [1.54, 1.807) is 24.3 Å². The van der Waals surface area contributed by atoms with Gasteiger partial charge in [-0.15, -0.1) is 5.10 Å². The van der Waals surface area contributed by atoms with E-state index in [-0.39, 0.29) is 21.0 Å². The molecule has 0 aliphatic carbocycles. The highest BCUT2D eigenvalue weighted by Gasteiger charge is 2.38. The Balaban J connectivity index is 1.58. The number of carbonyl (C=O) groups excluding carboxylic acids is 1. The molecule has 1 aromatic heterocycles. The van der Waals surface area contributed by atoms with Gasteiger partial charge in [-0.1, -0.05) is 23.4 Å². The summed E-state index contributed by atoms with van der Waals surface area (Å²) in [7, 11) is -3.57. The summed E-state index contributed by atoms with van der Waals surface area (Å²) in [5, 5.41) is 14.4. The summed E-state index contributed by atoms with van der Waals surface area (Å²) in [5.74, 6) is -0.580. The van der Waals surface area contributed by atoms with Crippen molar-refractivity contribution in [1.29, 1.82) is 5.41 Å². The lowest BCUT2D eigenvalue weighted by Crippen LogP contribution is -2.35. The number of amides is 1. The molecule has 0 unspecified atom stereocenters. The van der Waals surface area contributed by atoms with Crippen molar-refractivity contribution in [2.75, 3.05) is 6.26 Å². The average molecular weight is 467 g/mol. The fraction of sp³-hybridized carbons (Fsp3) is 0.0588. The number of sulfone groups is 1. The fourth-order valence-corrected chi connectivity index (χ4v) is 4.94. The lowest BCUT2D eigenvalue weighted by atomic mass is 10.1. The van der Waals surface area contributed by atoms with Gasteiger partial charge in [-0.05, 0) is 54.2 Å². The minimum atomic E-state index is -3.57. The number of thioether (sulfide) groups is 1. The molecule has 0 bridgehead atoms. The first kappa shape index (κ1) is 20.0. The van der Waals surface area contributed by atoms with E-state index in [0.29, 0.717) is 15.9 Å². The van der Waals surface area contributed by atoms with Crippen LogP contribution in [0.25, 0.3) is 6.08 Å². The molecule has 0 spiro atoms. The number of hydrazone groups is 1. The molecule has 1 N–H and O–H groups in total. The molecule has 2 aliphatic heterocycles. The average Bonchev–Trinajstić information content (AvgIpc) is 3.27. The van der Waals surface area contributed by atoms with Crippen LogP contribution in [-0.2, 0) is 14.6 Å². The van der Waals surface area contributed by atoms with Crippen molar-refractivity contribution in [3.8, 4) is 0 Å². The maximum Gasteiger partial charge on any atom is 0.283 e. The van der Waals surface area contributed by atoms with Crippen LogP contribution in [0.1, 0.15) is 5.76 Å². The Morgan fingerprint density at radius 2 is 1.97 bits per heavy atom. The minimum absolute atomic E-state index is 0.0380. The summed E-state index contributed by atoms with van der Waals surface area (Å²) in [6.45, 7) is 0. The van der Waals surface area contributed by atoms with E-state index < -0.39 is 15.7 Å². The van der Waals surface area contributed by atoms with Gasteiger partial charge in [0, 0.05) is 16.2 Å². The molecule has 2 aromatic rings. The van der Waals surface area contributed by atoms with Crippen LogP contribution in [0.2, 0.25) is 5.02 Å². The number of furan rings is 1. The van der Waals surface area contributed by atoms with Crippen molar-refractivity contribution in [2.24, 2.45) is 10.1 Å². The van der Waals surface area contributed by atoms with Gasteiger partial charge in [0.1, 0.15) is 5.76 Å². The first-order valence-corrected chi connectivity index (χ1v) is 11.8. The van der Waals surface area contributed by atoms with Crippen LogP contribution in [0, 0.1) is 5.41 Å². The molecule has 4 rings (SSSR count). The normalized spacial score (nSPS) is 18.1. The molecular weight excluding hydrogens is 456 g/mol. The van der Waals surface area contributed by atoms with Crippen LogP contribution in [-0.4, -0.2) is 41.0 Å². The number of fused-ring (bicyclic) bond motifs is 1. The highest BCUT2D eigenvalue weighted by atomic mass is 35.5. The van der Waals surface area contributed by atoms with Gasteiger partial charge < -0.3 is 4.42 Å². The van der Waals surface area contributed by atoms with Crippen LogP contribution < -0.4 is 0 Å². The van der Waals surface area contributed by atoms with E-state index >= 15 is 0 Å². The molecule has 1 amide bonds. The van der Waals surface area contributed by atoms with E-state index in [2.05, 4.69) is 10.1 Å². The Bertz CT molecular complexity index is 1230. The zero-order valence-electron chi connectivity index (χ0n) is 14.6. The molecule has 0 saturated heterocycles. The van der Waals surface area contributed by atoms with Crippen LogP contribution >= 0.6 is 35.1 Å². The molecule has 0 fully saturated rings. The molecule has 8 nitrogen and oxygen atoms in total. The summed E-state index contributed by atoms with van der Waals surface area (Å²) in [6.07, 6.45) is 2.39. The monoisotopic (exact) mass is 466 g/mol. The standard InChI is InChI=1S/C17H11ClN4O4S3/c1-29(24,25)17-21-22-14(19)12(15(23)20-16(22)28-17)8-10-4-7-13(26-10)27-11-5-2-9(18)3-6-11/h2-8,19H,1H3/b12-8-,19-14?. The molecule has 0 saturated carbocycles. The summed E-state index contributed by atoms with van der Waals surface area (Å²) >= 11 is 7.99. The van der Waals surface area contributed by atoms with Crippen LogP contribution in [0.5, 0.6) is 0 Å². The Morgan fingerprint density at radius 3 is 2.66 bits per heavy atom. The third kappa shape index (κ3) is 4.17. The van der Waals surface area contributed by atoms with Crippen molar-refractivity contribution >= 4 is 72.3 Å². The van der Waals surface area contributed by atoms with Crippen molar-refractivity contribution in [1.82, 2.24) is 5.01 Å². The molecule has 12 heteroatoms. The Kier molecular flexibility index (Phi) is 5.15. The number of benzene rings is 1. The smallest absolute Gasteiger partial charge is 0.283 e. The van der Waals surface area contributed by atoms with Crippen molar-refractivity contribution < 1.29 is 17.6 Å². The van der Waals surface area contributed by atoms with Crippen LogP contribution in [0.3, 0.4) is 0 Å². The lowest BCUT2D eigenvalue weighted by Gasteiger charge is -2.19. The third-order valence-electron chi connectivity index (χ3n) is 3.67. The zero-order chi connectivity index (χ0) is 20.8. The first-order valence-electron chi connectivity index (χ1n) is 7.94. The molecule has 2 aliphatic rings. The summed E-state index contributed by atoms with van der Waals surface area (Å²) in [6, 6.07) is 10.6. The number of carbonyl (C=O) groups is 1.